The van der Waals surface area contributed by atoms with E-state index >= 15 is 0 Å². The van der Waals surface area contributed by atoms with Gasteiger partial charge in [0, 0.05) is 0 Å². The summed E-state index contributed by atoms with van der Waals surface area (Å²) in [7, 11) is 0. The zero-order chi connectivity index (χ0) is 8.85. The van der Waals surface area contributed by atoms with Crippen LogP contribution in [-0.2, 0) is 4.79 Å². The summed E-state index contributed by atoms with van der Waals surface area (Å²) in [6, 6.07) is 0. The Labute approximate surface area is 65.9 Å². The highest BCUT2D eigenvalue weighted by Gasteiger charge is 1.98. The fourth-order valence-corrected chi connectivity index (χ4v) is 0.577. The topological polar surface area (TPSA) is 17.1 Å². The second-order valence-electron chi connectivity index (χ2n) is 2.19. The summed E-state index contributed by atoms with van der Waals surface area (Å²) in [5.74, 6) is -0.195. The molecule has 0 N–H and O–H groups in total. The molecule has 60 valence electrons. The Balaban J connectivity index is 4.33. The standard InChI is InChI=1S/C9H11FO/c1-4-9(11)8(3)5-7(2)6-10/h4-5H,1-2,6H2,3H3/b8-5+. The molecule has 0 aliphatic rings. The minimum absolute atomic E-state index is 0.195. The zero-order valence-corrected chi connectivity index (χ0v) is 6.56. The Morgan fingerprint density at radius 3 is 2.55 bits per heavy atom. The van der Waals surface area contributed by atoms with Crippen LogP contribution >= 0.6 is 0 Å². The highest BCUT2D eigenvalue weighted by atomic mass is 19.1. The van der Waals surface area contributed by atoms with Crippen LogP contribution in [0.3, 0.4) is 0 Å². The van der Waals surface area contributed by atoms with Gasteiger partial charge in [-0.15, -0.1) is 0 Å². The molecule has 1 nitrogen and oxygen atoms in total. The maximum absolute atomic E-state index is 11.8. The molecule has 0 amide bonds. The molecule has 0 aromatic rings. The number of alkyl halides is 1. The Bertz CT molecular complexity index is 214. The lowest BCUT2D eigenvalue weighted by Crippen LogP contribution is -1.94. The second kappa shape index (κ2) is 4.61. The Morgan fingerprint density at radius 2 is 2.18 bits per heavy atom. The van der Waals surface area contributed by atoms with Crippen LogP contribution in [0.2, 0.25) is 0 Å². The third-order valence-electron chi connectivity index (χ3n) is 1.17. The molecule has 0 unspecified atom stereocenters. The van der Waals surface area contributed by atoms with Gasteiger partial charge in [-0.2, -0.15) is 0 Å². The number of ketones is 1. The van der Waals surface area contributed by atoms with Gasteiger partial charge in [0.05, 0.1) is 0 Å². The summed E-state index contributed by atoms with van der Waals surface area (Å²) in [6.07, 6.45) is 2.61. The number of allylic oxidation sites excluding steroid dienone is 4. The van der Waals surface area contributed by atoms with Gasteiger partial charge < -0.3 is 0 Å². The number of halogens is 1. The molecule has 0 rings (SSSR count). The molecule has 0 radical (unpaired) electrons. The Morgan fingerprint density at radius 1 is 1.64 bits per heavy atom. The van der Waals surface area contributed by atoms with Crippen molar-refractivity contribution >= 4 is 5.78 Å². The Kier molecular flexibility index (Phi) is 4.11. The fraction of sp³-hybridized carbons (Fsp3) is 0.222. The predicted molar refractivity (Wildman–Crippen MR) is 44.1 cm³/mol. The monoisotopic (exact) mass is 154 g/mol. The average Bonchev–Trinajstić information content (AvgIpc) is 2.02. The van der Waals surface area contributed by atoms with Crippen LogP contribution in [-0.4, -0.2) is 12.5 Å². The van der Waals surface area contributed by atoms with E-state index in [9.17, 15) is 9.18 Å². The summed E-state index contributed by atoms with van der Waals surface area (Å²) >= 11 is 0. The van der Waals surface area contributed by atoms with Gasteiger partial charge in [-0.3, -0.25) is 4.79 Å². The summed E-state index contributed by atoms with van der Waals surface area (Å²) in [5, 5.41) is 0. The van der Waals surface area contributed by atoms with E-state index in [-0.39, 0.29) is 5.78 Å². The van der Waals surface area contributed by atoms with Gasteiger partial charge in [-0.1, -0.05) is 19.2 Å². The number of hydrogen-bond acceptors (Lipinski definition) is 1. The van der Waals surface area contributed by atoms with Crippen molar-refractivity contribution in [1.29, 1.82) is 0 Å². The van der Waals surface area contributed by atoms with Crippen LogP contribution in [0.5, 0.6) is 0 Å². The molecule has 0 aromatic heterocycles. The van der Waals surface area contributed by atoms with Crippen molar-refractivity contribution in [3.05, 3.63) is 36.5 Å². The summed E-state index contributed by atoms with van der Waals surface area (Å²) in [5.41, 5.74) is 0.764. The van der Waals surface area contributed by atoms with E-state index in [1.54, 1.807) is 6.92 Å². The van der Waals surface area contributed by atoms with Crippen LogP contribution in [0.4, 0.5) is 4.39 Å². The normalized spacial score (nSPS) is 10.9. The zero-order valence-electron chi connectivity index (χ0n) is 6.56. The van der Waals surface area contributed by atoms with Gasteiger partial charge in [0.25, 0.3) is 0 Å². The fourth-order valence-electron chi connectivity index (χ4n) is 0.577. The number of carbonyl (C=O) groups is 1. The highest BCUT2D eigenvalue weighted by Crippen LogP contribution is 2.02. The van der Waals surface area contributed by atoms with E-state index in [0.29, 0.717) is 11.1 Å². The van der Waals surface area contributed by atoms with E-state index < -0.39 is 6.67 Å². The molecule has 0 aliphatic heterocycles. The van der Waals surface area contributed by atoms with E-state index in [1.165, 1.54) is 12.2 Å². The van der Waals surface area contributed by atoms with Crippen LogP contribution in [0.25, 0.3) is 0 Å². The summed E-state index contributed by atoms with van der Waals surface area (Å²) < 4.78 is 11.8. The van der Waals surface area contributed by atoms with Crippen molar-refractivity contribution < 1.29 is 9.18 Å². The van der Waals surface area contributed by atoms with Gasteiger partial charge in [0.15, 0.2) is 5.78 Å². The van der Waals surface area contributed by atoms with Crippen molar-refractivity contribution in [2.45, 2.75) is 6.92 Å². The first kappa shape index (κ1) is 9.82. The van der Waals surface area contributed by atoms with E-state index in [0.717, 1.165) is 0 Å². The summed E-state index contributed by atoms with van der Waals surface area (Å²) in [6.45, 7) is 7.67. The average molecular weight is 154 g/mol. The van der Waals surface area contributed by atoms with E-state index in [1.807, 2.05) is 0 Å². The molecule has 0 fully saturated rings. The van der Waals surface area contributed by atoms with E-state index in [4.69, 9.17) is 0 Å². The largest absolute Gasteiger partial charge is 0.290 e. The van der Waals surface area contributed by atoms with Crippen molar-refractivity contribution in [3.8, 4) is 0 Å². The molecule has 11 heavy (non-hydrogen) atoms. The molecular formula is C9H11FO. The second-order valence-corrected chi connectivity index (χ2v) is 2.19. The van der Waals surface area contributed by atoms with Crippen LogP contribution in [0, 0.1) is 0 Å². The van der Waals surface area contributed by atoms with Gasteiger partial charge in [-0.05, 0) is 24.1 Å². The highest BCUT2D eigenvalue weighted by molar-refractivity contribution is 6.03. The third kappa shape index (κ3) is 3.50. The summed E-state index contributed by atoms with van der Waals surface area (Å²) in [4.78, 5) is 10.8. The maximum Gasteiger partial charge on any atom is 0.180 e. The lowest BCUT2D eigenvalue weighted by Gasteiger charge is -1.94. The van der Waals surface area contributed by atoms with Gasteiger partial charge >= 0.3 is 0 Å². The number of hydrogen-bond donors (Lipinski definition) is 0. The van der Waals surface area contributed by atoms with Gasteiger partial charge in [0.2, 0.25) is 0 Å². The SMILES string of the molecule is C=CC(=O)/C(C)=C/C(=C)CF. The van der Waals surface area contributed by atoms with Gasteiger partial charge in [0.1, 0.15) is 6.67 Å². The van der Waals surface area contributed by atoms with Crippen molar-refractivity contribution in [2.24, 2.45) is 0 Å². The molecule has 0 saturated carbocycles. The third-order valence-corrected chi connectivity index (χ3v) is 1.17. The number of carbonyl (C=O) groups excluding carboxylic acids is 1. The molecule has 0 aliphatic carbocycles. The quantitative estimate of drug-likeness (QED) is 0.448. The molecule has 0 heterocycles. The smallest absolute Gasteiger partial charge is 0.180 e. The molecular weight excluding hydrogens is 143 g/mol. The molecule has 0 saturated heterocycles. The van der Waals surface area contributed by atoms with Crippen molar-refractivity contribution in [2.75, 3.05) is 6.67 Å². The lowest BCUT2D eigenvalue weighted by atomic mass is 10.1. The maximum atomic E-state index is 11.8. The van der Waals surface area contributed by atoms with Crippen LogP contribution < -0.4 is 0 Å². The minimum Gasteiger partial charge on any atom is -0.290 e. The minimum atomic E-state index is -0.623. The first-order chi connectivity index (χ1) is 5.11. The molecule has 2 heteroatoms. The molecule has 0 bridgehead atoms. The molecule has 0 spiro atoms. The van der Waals surface area contributed by atoms with Crippen molar-refractivity contribution in [3.63, 3.8) is 0 Å². The molecule has 0 aromatic carbocycles. The van der Waals surface area contributed by atoms with E-state index in [2.05, 4.69) is 13.2 Å². The lowest BCUT2D eigenvalue weighted by molar-refractivity contribution is -0.111. The predicted octanol–water partition coefficient (Wildman–Crippen LogP) is 2.21. The Hall–Kier alpha value is -1.18. The van der Waals surface area contributed by atoms with Crippen LogP contribution in [0.1, 0.15) is 6.92 Å². The van der Waals surface area contributed by atoms with Gasteiger partial charge in [-0.25, -0.2) is 4.39 Å². The first-order valence-electron chi connectivity index (χ1n) is 3.20. The van der Waals surface area contributed by atoms with Crippen LogP contribution in [0.15, 0.2) is 36.5 Å². The number of rotatable bonds is 4. The first-order valence-corrected chi connectivity index (χ1v) is 3.20. The molecule has 0 atom stereocenters. The van der Waals surface area contributed by atoms with Crippen molar-refractivity contribution in [1.82, 2.24) is 0 Å².